The van der Waals surface area contributed by atoms with Gasteiger partial charge in [0.1, 0.15) is 11.6 Å². The van der Waals surface area contributed by atoms with Crippen molar-refractivity contribution in [1.82, 2.24) is 5.32 Å². The summed E-state index contributed by atoms with van der Waals surface area (Å²) in [5.41, 5.74) is 0.151. The number of halogens is 1. The van der Waals surface area contributed by atoms with E-state index < -0.39 is 33.2 Å². The summed E-state index contributed by atoms with van der Waals surface area (Å²) < 4.78 is 43.0. The Bertz CT molecular complexity index is 1160. The maximum atomic E-state index is 13.2. The molecule has 0 radical (unpaired) electrons. The van der Waals surface area contributed by atoms with E-state index in [0.717, 1.165) is 11.8 Å². The van der Waals surface area contributed by atoms with Crippen molar-refractivity contribution in [2.75, 3.05) is 6.26 Å². The smallest absolute Gasteiger partial charge is 0.264 e. The van der Waals surface area contributed by atoms with Gasteiger partial charge >= 0.3 is 0 Å². The highest BCUT2D eigenvalue weighted by atomic mass is 32.2. The summed E-state index contributed by atoms with van der Waals surface area (Å²) in [7, 11) is -3.41. The maximum absolute atomic E-state index is 13.2. The van der Waals surface area contributed by atoms with Gasteiger partial charge in [0.05, 0.1) is 10.9 Å². The molecule has 0 spiro atoms. The fourth-order valence-corrected chi connectivity index (χ4v) is 3.75. The molecule has 1 N–H and O–H groups in total. The van der Waals surface area contributed by atoms with E-state index in [1.165, 1.54) is 30.3 Å². The quantitative estimate of drug-likeness (QED) is 0.594. The number of rotatable bonds is 7. The van der Waals surface area contributed by atoms with E-state index in [-0.39, 0.29) is 4.90 Å². The van der Waals surface area contributed by atoms with Crippen molar-refractivity contribution >= 4 is 15.7 Å². The molecule has 1 unspecified atom stereocenters. The van der Waals surface area contributed by atoms with E-state index in [1.807, 2.05) is 30.3 Å². The number of benzene rings is 3. The van der Waals surface area contributed by atoms with Crippen molar-refractivity contribution in [2.24, 2.45) is 0 Å². The highest BCUT2D eigenvalue weighted by Crippen LogP contribution is 2.26. The average Bonchev–Trinajstić information content (AvgIpc) is 2.73. The topological polar surface area (TPSA) is 72.5 Å². The molecule has 0 aliphatic carbocycles. The van der Waals surface area contributed by atoms with Gasteiger partial charge < -0.3 is 10.1 Å². The number of nitrogens with one attached hydrogen (secondary N) is 1. The molecule has 0 saturated heterocycles. The van der Waals surface area contributed by atoms with Crippen LogP contribution in [-0.2, 0) is 14.6 Å². The van der Waals surface area contributed by atoms with Crippen molar-refractivity contribution in [3.05, 3.63) is 95.8 Å². The third-order valence-electron chi connectivity index (χ3n) is 4.76. The molecule has 0 aliphatic rings. The van der Waals surface area contributed by atoms with Gasteiger partial charge in [-0.3, -0.25) is 4.79 Å². The van der Waals surface area contributed by atoms with E-state index >= 15 is 0 Å². The molecule has 31 heavy (non-hydrogen) atoms. The molecule has 3 rings (SSSR count). The van der Waals surface area contributed by atoms with Crippen LogP contribution in [-0.4, -0.2) is 26.2 Å². The lowest BCUT2D eigenvalue weighted by molar-refractivity contribution is -0.134. The van der Waals surface area contributed by atoms with Crippen LogP contribution in [0.15, 0.2) is 83.8 Å². The molecule has 3 aromatic rings. The minimum atomic E-state index is -3.41. The second-order valence-electron chi connectivity index (χ2n) is 7.73. The van der Waals surface area contributed by atoms with Crippen molar-refractivity contribution < 1.29 is 22.3 Å². The van der Waals surface area contributed by atoms with E-state index in [4.69, 9.17) is 4.74 Å². The molecule has 1 atom stereocenters. The zero-order chi connectivity index (χ0) is 22.6. The van der Waals surface area contributed by atoms with E-state index in [1.54, 1.807) is 32.0 Å². The van der Waals surface area contributed by atoms with E-state index in [2.05, 4.69) is 5.32 Å². The SMILES string of the molecule is CC(C)(Oc1ccc(F)cc1)C(=O)NC(c1ccccc1)c1cccc(S(C)(=O)=O)c1. The Kier molecular flexibility index (Phi) is 6.45. The summed E-state index contributed by atoms with van der Waals surface area (Å²) in [5, 5.41) is 2.97. The highest BCUT2D eigenvalue weighted by Gasteiger charge is 2.32. The third kappa shape index (κ3) is 5.70. The van der Waals surface area contributed by atoms with Gasteiger partial charge in [-0.1, -0.05) is 42.5 Å². The number of carbonyl (C=O) groups is 1. The standard InChI is InChI=1S/C24H24FNO4S/c1-24(2,30-20-14-12-19(25)13-15-20)23(27)26-22(17-8-5-4-6-9-17)18-10-7-11-21(16-18)31(3,28)29/h4-16,22H,1-3H3,(H,26,27). The average molecular weight is 442 g/mol. The molecule has 162 valence electrons. The molecule has 3 aromatic carbocycles. The first-order valence-corrected chi connectivity index (χ1v) is 11.6. The number of amides is 1. The van der Waals surface area contributed by atoms with Crippen LogP contribution in [0.1, 0.15) is 31.0 Å². The van der Waals surface area contributed by atoms with Crippen LogP contribution < -0.4 is 10.1 Å². The fraction of sp³-hybridized carbons (Fsp3) is 0.208. The number of hydrogen-bond donors (Lipinski definition) is 1. The Morgan fingerprint density at radius 3 is 2.16 bits per heavy atom. The first-order chi connectivity index (χ1) is 14.6. The summed E-state index contributed by atoms with van der Waals surface area (Å²) >= 11 is 0. The summed E-state index contributed by atoms with van der Waals surface area (Å²) in [6.07, 6.45) is 1.14. The Labute approximate surface area is 181 Å². The summed E-state index contributed by atoms with van der Waals surface area (Å²) in [5.74, 6) is -0.447. The van der Waals surface area contributed by atoms with Gasteiger partial charge in [-0.05, 0) is 61.4 Å². The van der Waals surface area contributed by atoms with Gasteiger partial charge in [0, 0.05) is 6.26 Å². The molecular weight excluding hydrogens is 417 g/mol. The highest BCUT2D eigenvalue weighted by molar-refractivity contribution is 7.90. The normalized spacial score (nSPS) is 12.8. The number of sulfone groups is 1. The second kappa shape index (κ2) is 8.89. The number of hydrogen-bond acceptors (Lipinski definition) is 4. The van der Waals surface area contributed by atoms with E-state index in [9.17, 15) is 17.6 Å². The first-order valence-electron chi connectivity index (χ1n) is 9.67. The van der Waals surface area contributed by atoms with Crippen LogP contribution in [0.5, 0.6) is 5.75 Å². The Morgan fingerprint density at radius 1 is 0.935 bits per heavy atom. The second-order valence-corrected chi connectivity index (χ2v) is 9.74. The van der Waals surface area contributed by atoms with Crippen molar-refractivity contribution in [3.63, 3.8) is 0 Å². The predicted octanol–water partition coefficient (Wildman–Crippen LogP) is 4.29. The summed E-state index contributed by atoms with van der Waals surface area (Å²) in [6.45, 7) is 3.22. The van der Waals surface area contributed by atoms with Crippen molar-refractivity contribution in [1.29, 1.82) is 0 Å². The Morgan fingerprint density at radius 2 is 1.55 bits per heavy atom. The number of ether oxygens (including phenoxy) is 1. The lowest BCUT2D eigenvalue weighted by Gasteiger charge is -2.29. The minimum Gasteiger partial charge on any atom is -0.478 e. The van der Waals surface area contributed by atoms with Crippen molar-refractivity contribution in [3.8, 4) is 5.75 Å². The van der Waals surface area contributed by atoms with Gasteiger partial charge in [-0.25, -0.2) is 12.8 Å². The van der Waals surface area contributed by atoms with Gasteiger partial charge in [0.2, 0.25) is 0 Å². The summed E-state index contributed by atoms with van der Waals surface area (Å²) in [4.78, 5) is 13.3. The third-order valence-corrected chi connectivity index (χ3v) is 5.87. The number of carbonyl (C=O) groups excluding carboxylic acids is 1. The zero-order valence-electron chi connectivity index (χ0n) is 17.5. The molecule has 0 fully saturated rings. The molecule has 0 aromatic heterocycles. The Balaban J connectivity index is 1.92. The van der Waals surface area contributed by atoms with Crippen LogP contribution in [0.2, 0.25) is 0 Å². The van der Waals surface area contributed by atoms with Gasteiger partial charge in [0.25, 0.3) is 5.91 Å². The lowest BCUT2D eigenvalue weighted by atomic mass is 9.97. The van der Waals surface area contributed by atoms with E-state index in [0.29, 0.717) is 11.3 Å². The first kappa shape index (κ1) is 22.5. The van der Waals surface area contributed by atoms with Gasteiger partial charge in [-0.2, -0.15) is 0 Å². The largest absolute Gasteiger partial charge is 0.478 e. The minimum absolute atomic E-state index is 0.169. The monoisotopic (exact) mass is 441 g/mol. The molecular formula is C24H24FNO4S. The molecule has 0 heterocycles. The lowest BCUT2D eigenvalue weighted by Crippen LogP contribution is -2.47. The van der Waals surface area contributed by atoms with Gasteiger partial charge in [-0.15, -0.1) is 0 Å². The molecule has 1 amide bonds. The predicted molar refractivity (Wildman–Crippen MR) is 117 cm³/mol. The van der Waals surface area contributed by atoms with Crippen LogP contribution in [0.3, 0.4) is 0 Å². The van der Waals surface area contributed by atoms with Crippen LogP contribution in [0.25, 0.3) is 0 Å². The molecule has 5 nitrogen and oxygen atoms in total. The molecule has 0 aliphatic heterocycles. The zero-order valence-corrected chi connectivity index (χ0v) is 18.3. The van der Waals surface area contributed by atoms with Crippen LogP contribution in [0, 0.1) is 5.82 Å². The van der Waals surface area contributed by atoms with Crippen LogP contribution in [0.4, 0.5) is 4.39 Å². The Hall–Kier alpha value is -3.19. The van der Waals surface area contributed by atoms with Crippen molar-refractivity contribution in [2.45, 2.75) is 30.4 Å². The maximum Gasteiger partial charge on any atom is 0.264 e. The molecule has 0 saturated carbocycles. The fourth-order valence-electron chi connectivity index (χ4n) is 3.08. The van der Waals surface area contributed by atoms with Crippen LogP contribution >= 0.6 is 0 Å². The molecule has 7 heteroatoms. The molecule has 0 bridgehead atoms. The van der Waals surface area contributed by atoms with Gasteiger partial charge in [0.15, 0.2) is 15.4 Å². The summed E-state index contributed by atoms with van der Waals surface area (Å²) in [6, 6.07) is 20.6.